The monoisotopic (exact) mass is 348 g/mol. The maximum atomic E-state index is 12.0. The fourth-order valence-corrected chi connectivity index (χ4v) is 2.16. The molecule has 1 atom stereocenters. The van der Waals surface area contributed by atoms with Crippen LogP contribution >= 0.6 is 15.9 Å². The van der Waals surface area contributed by atoms with Crippen molar-refractivity contribution in [3.8, 4) is 0 Å². The predicted molar refractivity (Wildman–Crippen MR) is 81.0 cm³/mol. The van der Waals surface area contributed by atoms with E-state index >= 15 is 0 Å². The maximum Gasteiger partial charge on any atom is 0.326 e. The van der Waals surface area contributed by atoms with Gasteiger partial charge in [-0.2, -0.15) is 0 Å². The maximum absolute atomic E-state index is 12.0. The highest BCUT2D eigenvalue weighted by atomic mass is 79.9. The number of hydrogen-bond donors (Lipinski definition) is 2. The zero-order chi connectivity index (χ0) is 15.2. The van der Waals surface area contributed by atoms with Crippen LogP contribution in [-0.4, -0.2) is 28.0 Å². The number of benzene rings is 1. The molecule has 21 heavy (non-hydrogen) atoms. The molecule has 1 aromatic heterocycles. The van der Waals surface area contributed by atoms with Gasteiger partial charge in [0.1, 0.15) is 16.3 Å². The number of hydrogen-bond acceptors (Lipinski definition) is 3. The van der Waals surface area contributed by atoms with E-state index in [-0.39, 0.29) is 12.1 Å². The van der Waals surface area contributed by atoms with E-state index in [0.29, 0.717) is 4.60 Å². The Hall–Kier alpha value is -2.21. The zero-order valence-electron chi connectivity index (χ0n) is 11.0. The van der Waals surface area contributed by atoms with Crippen LogP contribution < -0.4 is 5.32 Å². The molecule has 2 N–H and O–H groups in total. The molecule has 1 aromatic carbocycles. The second-order valence-corrected chi connectivity index (χ2v) is 5.21. The summed E-state index contributed by atoms with van der Waals surface area (Å²) in [6, 6.07) is 13.0. The van der Waals surface area contributed by atoms with Gasteiger partial charge in [-0.3, -0.25) is 4.79 Å². The molecular formula is C15H13BrN2O3. The Bertz CT molecular complexity index is 646. The average molecular weight is 349 g/mol. The molecule has 0 spiro atoms. The summed E-state index contributed by atoms with van der Waals surface area (Å²) in [6.07, 6.45) is 0.218. The first-order valence-corrected chi connectivity index (χ1v) is 7.05. The smallest absolute Gasteiger partial charge is 0.326 e. The first kappa shape index (κ1) is 15.2. The fourth-order valence-electron chi connectivity index (χ4n) is 1.82. The molecule has 0 fully saturated rings. The van der Waals surface area contributed by atoms with E-state index in [1.165, 1.54) is 6.07 Å². The lowest BCUT2D eigenvalue weighted by Gasteiger charge is -2.14. The number of carbonyl (C=O) groups excluding carboxylic acids is 1. The number of aliphatic carboxylic acids is 1. The number of amides is 1. The van der Waals surface area contributed by atoms with Gasteiger partial charge < -0.3 is 10.4 Å². The van der Waals surface area contributed by atoms with Crippen LogP contribution in [-0.2, 0) is 11.2 Å². The Kier molecular flexibility index (Phi) is 5.05. The predicted octanol–water partition coefficient (Wildman–Crippen LogP) is 2.27. The number of carbonyl (C=O) groups is 2. The van der Waals surface area contributed by atoms with Crippen molar-refractivity contribution in [2.75, 3.05) is 0 Å². The van der Waals surface area contributed by atoms with Gasteiger partial charge in [0.15, 0.2) is 0 Å². The summed E-state index contributed by atoms with van der Waals surface area (Å²) in [5.41, 5.74) is 1.01. The minimum absolute atomic E-state index is 0.170. The molecule has 2 aromatic rings. The van der Waals surface area contributed by atoms with Gasteiger partial charge in [-0.25, -0.2) is 9.78 Å². The van der Waals surface area contributed by atoms with E-state index in [9.17, 15) is 14.7 Å². The number of nitrogens with one attached hydrogen (secondary N) is 1. The molecule has 6 heteroatoms. The Balaban J connectivity index is 2.10. The van der Waals surface area contributed by atoms with Crippen LogP contribution in [0.3, 0.4) is 0 Å². The van der Waals surface area contributed by atoms with Crippen LogP contribution in [0.4, 0.5) is 0 Å². The lowest BCUT2D eigenvalue weighted by atomic mass is 10.1. The highest BCUT2D eigenvalue weighted by Gasteiger charge is 2.21. The Labute approximate surface area is 130 Å². The van der Waals surface area contributed by atoms with Crippen LogP contribution in [0.2, 0.25) is 0 Å². The SMILES string of the molecule is O=C(N[C@H](Cc1ccccc1)C(=O)O)c1cccc(Br)n1. The molecule has 0 aliphatic rings. The molecule has 108 valence electrons. The second-order valence-electron chi connectivity index (χ2n) is 4.40. The summed E-state index contributed by atoms with van der Waals surface area (Å²) in [5.74, 6) is -1.60. The normalized spacial score (nSPS) is 11.7. The molecular weight excluding hydrogens is 336 g/mol. The summed E-state index contributed by atoms with van der Waals surface area (Å²) in [5, 5.41) is 11.7. The number of nitrogens with zero attached hydrogens (tertiary/aromatic N) is 1. The van der Waals surface area contributed by atoms with Gasteiger partial charge in [0.25, 0.3) is 5.91 Å². The van der Waals surface area contributed by atoms with E-state index in [1.807, 2.05) is 30.3 Å². The Morgan fingerprint density at radius 1 is 1.14 bits per heavy atom. The third-order valence-electron chi connectivity index (χ3n) is 2.83. The molecule has 0 aliphatic heterocycles. The van der Waals surface area contributed by atoms with Crippen molar-refractivity contribution in [2.24, 2.45) is 0 Å². The van der Waals surface area contributed by atoms with Crippen LogP contribution in [0.25, 0.3) is 0 Å². The van der Waals surface area contributed by atoms with Crippen molar-refractivity contribution >= 4 is 27.8 Å². The summed E-state index contributed by atoms with van der Waals surface area (Å²) < 4.78 is 0.519. The van der Waals surface area contributed by atoms with Crippen LogP contribution in [0, 0.1) is 0 Å². The highest BCUT2D eigenvalue weighted by Crippen LogP contribution is 2.08. The van der Waals surface area contributed by atoms with Crippen LogP contribution in [0.5, 0.6) is 0 Å². The second kappa shape index (κ2) is 6.99. The summed E-state index contributed by atoms with van der Waals surface area (Å²) >= 11 is 3.17. The van der Waals surface area contributed by atoms with Crippen molar-refractivity contribution in [3.05, 3.63) is 64.4 Å². The van der Waals surface area contributed by atoms with Gasteiger partial charge in [-0.15, -0.1) is 0 Å². The van der Waals surface area contributed by atoms with Gasteiger partial charge in [0, 0.05) is 6.42 Å². The van der Waals surface area contributed by atoms with E-state index in [4.69, 9.17) is 0 Å². The average Bonchev–Trinajstić information content (AvgIpc) is 2.47. The number of halogens is 1. The largest absolute Gasteiger partial charge is 0.480 e. The highest BCUT2D eigenvalue weighted by molar-refractivity contribution is 9.10. The lowest BCUT2D eigenvalue weighted by molar-refractivity contribution is -0.139. The number of aromatic nitrogens is 1. The molecule has 2 rings (SSSR count). The fraction of sp³-hybridized carbons (Fsp3) is 0.133. The number of pyridine rings is 1. The van der Waals surface area contributed by atoms with E-state index in [2.05, 4.69) is 26.2 Å². The summed E-state index contributed by atoms with van der Waals surface area (Å²) in [6.45, 7) is 0. The van der Waals surface area contributed by atoms with Crippen molar-refractivity contribution in [1.82, 2.24) is 10.3 Å². The number of rotatable bonds is 5. The van der Waals surface area contributed by atoms with Crippen molar-refractivity contribution in [2.45, 2.75) is 12.5 Å². The molecule has 5 nitrogen and oxygen atoms in total. The summed E-state index contributed by atoms with van der Waals surface area (Å²) in [4.78, 5) is 27.3. The molecule has 0 bridgehead atoms. The minimum atomic E-state index is -1.08. The summed E-state index contributed by atoms with van der Waals surface area (Å²) in [7, 11) is 0. The van der Waals surface area contributed by atoms with Crippen molar-refractivity contribution < 1.29 is 14.7 Å². The Morgan fingerprint density at radius 3 is 2.48 bits per heavy atom. The van der Waals surface area contributed by atoms with E-state index < -0.39 is 17.9 Å². The number of carboxylic acid groups (broad SMARTS) is 1. The molecule has 0 radical (unpaired) electrons. The van der Waals surface area contributed by atoms with Gasteiger partial charge >= 0.3 is 5.97 Å². The van der Waals surface area contributed by atoms with Crippen LogP contribution in [0.15, 0.2) is 53.1 Å². The van der Waals surface area contributed by atoms with Crippen molar-refractivity contribution in [3.63, 3.8) is 0 Å². The lowest BCUT2D eigenvalue weighted by Crippen LogP contribution is -2.42. The van der Waals surface area contributed by atoms with Gasteiger partial charge in [0.05, 0.1) is 0 Å². The van der Waals surface area contributed by atoms with Gasteiger partial charge in [0.2, 0.25) is 0 Å². The Morgan fingerprint density at radius 2 is 1.86 bits per heavy atom. The molecule has 0 aliphatic carbocycles. The third-order valence-corrected chi connectivity index (χ3v) is 3.28. The van der Waals surface area contributed by atoms with Gasteiger partial charge in [-0.05, 0) is 33.6 Å². The number of carboxylic acids is 1. The van der Waals surface area contributed by atoms with E-state index in [1.54, 1.807) is 12.1 Å². The van der Waals surface area contributed by atoms with Crippen molar-refractivity contribution in [1.29, 1.82) is 0 Å². The zero-order valence-corrected chi connectivity index (χ0v) is 12.6. The van der Waals surface area contributed by atoms with Crippen LogP contribution in [0.1, 0.15) is 16.1 Å². The molecule has 0 saturated heterocycles. The molecule has 1 heterocycles. The molecule has 1 amide bonds. The quantitative estimate of drug-likeness (QED) is 0.812. The third kappa shape index (κ3) is 4.39. The first-order chi connectivity index (χ1) is 10.1. The first-order valence-electron chi connectivity index (χ1n) is 6.26. The molecule has 0 saturated carbocycles. The standard InChI is InChI=1S/C15H13BrN2O3/c16-13-8-4-7-11(17-13)14(19)18-12(15(20)21)9-10-5-2-1-3-6-10/h1-8,12H,9H2,(H,18,19)(H,20,21)/t12-/m1/s1. The molecule has 0 unspecified atom stereocenters. The minimum Gasteiger partial charge on any atom is -0.480 e. The van der Waals surface area contributed by atoms with Gasteiger partial charge in [-0.1, -0.05) is 36.4 Å². The topological polar surface area (TPSA) is 79.3 Å². The van der Waals surface area contributed by atoms with E-state index in [0.717, 1.165) is 5.56 Å².